The van der Waals surface area contributed by atoms with Crippen molar-refractivity contribution in [3.05, 3.63) is 35.6 Å². The minimum Gasteiger partial charge on any atom is -0.361 e. The molecule has 0 aromatic heterocycles. The number of rotatable bonds is 2. The molecule has 1 aliphatic heterocycles. The van der Waals surface area contributed by atoms with Crippen LogP contribution in [0.2, 0.25) is 0 Å². The first-order chi connectivity index (χ1) is 7.75. The van der Waals surface area contributed by atoms with E-state index in [9.17, 15) is 9.18 Å². The van der Waals surface area contributed by atoms with Crippen molar-refractivity contribution in [2.45, 2.75) is 12.8 Å². The van der Waals surface area contributed by atoms with Crippen LogP contribution < -0.4 is 0 Å². The van der Waals surface area contributed by atoms with E-state index in [-0.39, 0.29) is 11.7 Å². The van der Waals surface area contributed by atoms with Crippen LogP contribution in [0.15, 0.2) is 24.3 Å². The van der Waals surface area contributed by atoms with Gasteiger partial charge in [0.15, 0.2) is 0 Å². The molecule has 1 aromatic rings. The number of carbonyl (C=O) groups excluding carboxylic acids is 1. The Morgan fingerprint density at radius 3 is 2.75 bits per heavy atom. The van der Waals surface area contributed by atoms with Gasteiger partial charge in [-0.15, -0.1) is 0 Å². The van der Waals surface area contributed by atoms with Gasteiger partial charge in [0.1, 0.15) is 12.5 Å². The minimum absolute atomic E-state index is 0.0336. The Labute approximate surface area is 93.8 Å². The second-order valence-electron chi connectivity index (χ2n) is 3.85. The van der Waals surface area contributed by atoms with Gasteiger partial charge in [-0.1, -0.05) is 12.1 Å². The van der Waals surface area contributed by atoms with E-state index in [0.29, 0.717) is 13.2 Å². The fraction of sp³-hybridized carbons (Fsp3) is 0.417. The Balaban J connectivity index is 1.93. The molecular weight excluding hydrogens is 209 g/mol. The van der Waals surface area contributed by atoms with E-state index < -0.39 is 0 Å². The zero-order valence-electron chi connectivity index (χ0n) is 8.99. The monoisotopic (exact) mass is 223 g/mol. The number of carbonyl (C=O) groups is 1. The molecule has 86 valence electrons. The zero-order valence-corrected chi connectivity index (χ0v) is 8.99. The molecular formula is C12H14FNO2. The number of amides is 1. The van der Waals surface area contributed by atoms with Crippen LogP contribution in [0.4, 0.5) is 4.39 Å². The van der Waals surface area contributed by atoms with Gasteiger partial charge in [-0.3, -0.25) is 4.79 Å². The molecule has 0 bridgehead atoms. The highest BCUT2D eigenvalue weighted by molar-refractivity contribution is 5.78. The van der Waals surface area contributed by atoms with Gasteiger partial charge >= 0.3 is 0 Å². The van der Waals surface area contributed by atoms with E-state index in [0.717, 1.165) is 25.1 Å². The third-order valence-electron chi connectivity index (χ3n) is 2.59. The molecule has 16 heavy (non-hydrogen) atoms. The average Bonchev–Trinajstić information content (AvgIpc) is 2.33. The van der Waals surface area contributed by atoms with Gasteiger partial charge in [0, 0.05) is 6.54 Å². The molecule has 1 aliphatic rings. The Bertz CT molecular complexity index is 358. The van der Waals surface area contributed by atoms with Gasteiger partial charge in [-0.05, 0) is 24.1 Å². The molecule has 4 heteroatoms. The third-order valence-corrected chi connectivity index (χ3v) is 2.59. The normalized spacial score (nSPS) is 16.2. The highest BCUT2D eigenvalue weighted by Crippen LogP contribution is 2.08. The summed E-state index contributed by atoms with van der Waals surface area (Å²) in [6.07, 6.45) is 1.19. The Kier molecular flexibility index (Phi) is 3.51. The number of ether oxygens (including phenoxy) is 1. The molecule has 0 unspecified atom stereocenters. The van der Waals surface area contributed by atoms with E-state index >= 15 is 0 Å². The summed E-state index contributed by atoms with van der Waals surface area (Å²) in [5.41, 5.74) is 0.831. The molecule has 0 N–H and O–H groups in total. The summed E-state index contributed by atoms with van der Waals surface area (Å²) in [6.45, 7) is 1.85. The summed E-state index contributed by atoms with van der Waals surface area (Å²) in [7, 11) is 0. The zero-order chi connectivity index (χ0) is 11.4. The fourth-order valence-electron chi connectivity index (χ4n) is 1.68. The molecule has 0 radical (unpaired) electrons. The topological polar surface area (TPSA) is 29.5 Å². The molecule has 1 saturated heterocycles. The van der Waals surface area contributed by atoms with Crippen molar-refractivity contribution in [1.29, 1.82) is 0 Å². The van der Waals surface area contributed by atoms with Crippen molar-refractivity contribution in [3.8, 4) is 0 Å². The van der Waals surface area contributed by atoms with Crippen LogP contribution in [0.25, 0.3) is 0 Å². The molecule has 0 saturated carbocycles. The summed E-state index contributed by atoms with van der Waals surface area (Å²) in [5.74, 6) is -0.246. The lowest BCUT2D eigenvalue weighted by Gasteiger charge is -2.26. The van der Waals surface area contributed by atoms with Crippen LogP contribution in [-0.2, 0) is 16.0 Å². The van der Waals surface area contributed by atoms with Gasteiger partial charge in [-0.25, -0.2) is 4.39 Å². The van der Waals surface area contributed by atoms with Crippen LogP contribution >= 0.6 is 0 Å². The highest BCUT2D eigenvalue weighted by Gasteiger charge is 2.16. The van der Waals surface area contributed by atoms with Crippen LogP contribution in [0.1, 0.15) is 12.0 Å². The summed E-state index contributed by atoms with van der Waals surface area (Å²) >= 11 is 0. The van der Waals surface area contributed by atoms with Crippen LogP contribution in [0.3, 0.4) is 0 Å². The predicted octanol–water partition coefficient (Wildman–Crippen LogP) is 1.57. The second kappa shape index (κ2) is 5.07. The third kappa shape index (κ3) is 2.79. The van der Waals surface area contributed by atoms with Crippen LogP contribution in [0.5, 0.6) is 0 Å². The first kappa shape index (κ1) is 11.1. The highest BCUT2D eigenvalue weighted by atomic mass is 19.1. The first-order valence-electron chi connectivity index (χ1n) is 5.35. The van der Waals surface area contributed by atoms with Crippen molar-refractivity contribution < 1.29 is 13.9 Å². The van der Waals surface area contributed by atoms with E-state index in [1.54, 1.807) is 17.0 Å². The van der Waals surface area contributed by atoms with Crippen LogP contribution in [-0.4, -0.2) is 30.7 Å². The molecule has 3 nitrogen and oxygen atoms in total. The van der Waals surface area contributed by atoms with Gasteiger partial charge in [0.25, 0.3) is 0 Å². The van der Waals surface area contributed by atoms with Gasteiger partial charge in [0.05, 0.1) is 13.0 Å². The number of hydrogen-bond acceptors (Lipinski definition) is 2. The second-order valence-corrected chi connectivity index (χ2v) is 3.85. The van der Waals surface area contributed by atoms with E-state index in [4.69, 9.17) is 4.74 Å². The maximum Gasteiger partial charge on any atom is 0.228 e. The number of benzene rings is 1. The summed E-state index contributed by atoms with van der Waals surface area (Å²) in [4.78, 5) is 13.5. The predicted molar refractivity (Wildman–Crippen MR) is 57.3 cm³/mol. The molecule has 1 fully saturated rings. The molecule has 1 amide bonds. The maximum atomic E-state index is 12.7. The Hall–Kier alpha value is -1.42. The van der Waals surface area contributed by atoms with Crippen molar-refractivity contribution in [2.24, 2.45) is 0 Å². The van der Waals surface area contributed by atoms with E-state index in [1.165, 1.54) is 12.1 Å². The van der Waals surface area contributed by atoms with Crippen molar-refractivity contribution >= 4 is 5.91 Å². The number of nitrogens with zero attached hydrogens (tertiary/aromatic N) is 1. The largest absolute Gasteiger partial charge is 0.361 e. The van der Waals surface area contributed by atoms with Crippen molar-refractivity contribution in [3.63, 3.8) is 0 Å². The molecule has 0 atom stereocenters. The SMILES string of the molecule is O=C(Cc1ccc(F)cc1)N1CCCOC1. The summed E-state index contributed by atoms with van der Waals surface area (Å²) in [6, 6.07) is 6.01. The standard InChI is InChI=1S/C12H14FNO2/c13-11-4-2-10(3-5-11)8-12(15)14-6-1-7-16-9-14/h2-5H,1,6-9H2. The number of hydrogen-bond donors (Lipinski definition) is 0. The molecule has 0 aliphatic carbocycles. The summed E-state index contributed by atoms with van der Waals surface area (Å²) < 4.78 is 17.9. The van der Waals surface area contributed by atoms with Gasteiger partial charge in [0.2, 0.25) is 5.91 Å². The van der Waals surface area contributed by atoms with Gasteiger partial charge in [-0.2, -0.15) is 0 Å². The maximum absolute atomic E-state index is 12.7. The quantitative estimate of drug-likeness (QED) is 0.761. The molecule has 0 spiro atoms. The fourth-order valence-corrected chi connectivity index (χ4v) is 1.68. The first-order valence-corrected chi connectivity index (χ1v) is 5.35. The Morgan fingerprint density at radius 2 is 2.12 bits per heavy atom. The molecule has 2 rings (SSSR count). The average molecular weight is 223 g/mol. The van der Waals surface area contributed by atoms with Crippen molar-refractivity contribution in [2.75, 3.05) is 19.9 Å². The lowest BCUT2D eigenvalue weighted by Crippen LogP contribution is -2.39. The number of halogens is 1. The van der Waals surface area contributed by atoms with E-state index in [1.807, 2.05) is 0 Å². The summed E-state index contributed by atoms with van der Waals surface area (Å²) in [5, 5.41) is 0. The van der Waals surface area contributed by atoms with Crippen LogP contribution in [0, 0.1) is 5.82 Å². The van der Waals surface area contributed by atoms with Crippen molar-refractivity contribution in [1.82, 2.24) is 4.90 Å². The Morgan fingerprint density at radius 1 is 1.38 bits per heavy atom. The lowest BCUT2D eigenvalue weighted by molar-refractivity contribution is -0.139. The van der Waals surface area contributed by atoms with E-state index in [2.05, 4.69) is 0 Å². The smallest absolute Gasteiger partial charge is 0.228 e. The molecule has 1 heterocycles. The molecule has 1 aromatic carbocycles. The lowest BCUT2D eigenvalue weighted by atomic mass is 10.1. The van der Waals surface area contributed by atoms with Gasteiger partial charge < -0.3 is 9.64 Å². The minimum atomic E-state index is -0.280.